The molecule has 0 radical (unpaired) electrons. The quantitative estimate of drug-likeness (QED) is 0.0274. The minimum absolute atomic E-state index is 0.00235. The number of hydrogen-bond donors (Lipinski definition) is 2. The highest BCUT2D eigenvalue weighted by Crippen LogP contribution is 2.38. The normalized spacial score (nSPS) is 14.3. The molecule has 9 heteroatoms. The van der Waals surface area contributed by atoms with Crippen LogP contribution in [0.3, 0.4) is 0 Å². The van der Waals surface area contributed by atoms with Crippen LogP contribution in [0.4, 0.5) is 0 Å². The predicted octanol–water partition coefficient (Wildman–Crippen LogP) is 13.3. The van der Waals surface area contributed by atoms with Crippen molar-refractivity contribution >= 4 is 13.7 Å². The lowest BCUT2D eigenvalue weighted by atomic mass is 10.0. The van der Waals surface area contributed by atoms with Crippen LogP contribution in [0, 0.1) is 0 Å². The maximum Gasteiger partial charge on any atom is 0.268 e. The van der Waals surface area contributed by atoms with E-state index in [1.165, 1.54) is 180 Å². The zero-order chi connectivity index (χ0) is 42.1. The van der Waals surface area contributed by atoms with E-state index in [0.29, 0.717) is 17.4 Å². The minimum Gasteiger partial charge on any atom is -0.756 e. The van der Waals surface area contributed by atoms with Crippen LogP contribution in [0.25, 0.3) is 0 Å². The zero-order valence-corrected chi connectivity index (χ0v) is 39.5. The van der Waals surface area contributed by atoms with E-state index >= 15 is 0 Å². The summed E-state index contributed by atoms with van der Waals surface area (Å²) in [5.41, 5.74) is 0. The molecule has 0 rings (SSSR count). The molecule has 0 aromatic carbocycles. The van der Waals surface area contributed by atoms with E-state index in [1.807, 2.05) is 27.2 Å². The lowest BCUT2D eigenvalue weighted by molar-refractivity contribution is -0.870. The molecule has 0 heterocycles. The average molecular weight is 829 g/mol. The summed E-state index contributed by atoms with van der Waals surface area (Å²) in [6.07, 6.45) is 46.8. The summed E-state index contributed by atoms with van der Waals surface area (Å²) in [5.74, 6) is -0.193. The van der Waals surface area contributed by atoms with Crippen molar-refractivity contribution in [1.82, 2.24) is 5.32 Å². The van der Waals surface area contributed by atoms with Crippen LogP contribution in [-0.2, 0) is 18.4 Å². The molecule has 0 saturated carbocycles. The van der Waals surface area contributed by atoms with E-state index in [2.05, 4.69) is 19.2 Å². The Morgan fingerprint density at radius 2 is 0.947 bits per heavy atom. The molecule has 57 heavy (non-hydrogen) atoms. The maximum absolute atomic E-state index is 12.9. The first-order valence-corrected chi connectivity index (χ1v) is 26.0. The number of phosphoric acid groups is 1. The minimum atomic E-state index is -4.58. The molecule has 0 bridgehead atoms. The topological polar surface area (TPSA) is 108 Å². The predicted molar refractivity (Wildman–Crippen MR) is 242 cm³/mol. The Hall–Kier alpha value is -0.760. The van der Waals surface area contributed by atoms with Crippen LogP contribution in [-0.4, -0.2) is 68.5 Å². The zero-order valence-electron chi connectivity index (χ0n) is 38.6. The third-order valence-electron chi connectivity index (χ3n) is 11.2. The van der Waals surface area contributed by atoms with Crippen LogP contribution in [0.2, 0.25) is 0 Å². The number of phosphoric ester groups is 1. The number of quaternary nitrogens is 1. The summed E-state index contributed by atoms with van der Waals surface area (Å²) in [4.78, 5) is 25.4. The number of amides is 1. The van der Waals surface area contributed by atoms with Gasteiger partial charge in [0.25, 0.3) is 7.82 Å². The summed E-state index contributed by atoms with van der Waals surface area (Å²) in [7, 11) is 1.27. The molecule has 0 aromatic heterocycles. The number of unbranched alkanes of at least 4 members (excludes halogenated alkanes) is 32. The van der Waals surface area contributed by atoms with Gasteiger partial charge in [-0.05, 0) is 19.3 Å². The SMILES string of the molecule is CCCCCCCCCCCCCCCCC/C=C/[C@@H](O)[C@H](COP(=O)([O-])OCC[N+](C)(C)C)NC(=O)CCCCCCCCCCCCCCCCCCCC. The lowest BCUT2D eigenvalue weighted by Crippen LogP contribution is -2.45. The number of carbonyl (C=O) groups excluding carboxylic acids is 1. The van der Waals surface area contributed by atoms with E-state index in [9.17, 15) is 19.4 Å². The smallest absolute Gasteiger partial charge is 0.268 e. The fourth-order valence-corrected chi connectivity index (χ4v) is 8.05. The molecule has 1 amide bonds. The second-order valence-corrected chi connectivity index (χ2v) is 19.6. The average Bonchev–Trinajstić information content (AvgIpc) is 3.16. The maximum atomic E-state index is 12.9. The van der Waals surface area contributed by atoms with Gasteiger partial charge in [0.2, 0.25) is 5.91 Å². The van der Waals surface area contributed by atoms with Crippen LogP contribution in [0.15, 0.2) is 12.2 Å². The van der Waals surface area contributed by atoms with Gasteiger partial charge in [0, 0.05) is 6.42 Å². The number of nitrogens with one attached hydrogen (secondary N) is 1. The van der Waals surface area contributed by atoms with Gasteiger partial charge in [0.15, 0.2) is 0 Å². The molecule has 340 valence electrons. The second kappa shape index (κ2) is 40.6. The summed E-state index contributed by atoms with van der Waals surface area (Å²) < 4.78 is 23.3. The summed E-state index contributed by atoms with van der Waals surface area (Å²) >= 11 is 0. The Kier molecular flexibility index (Phi) is 40.1. The highest BCUT2D eigenvalue weighted by molar-refractivity contribution is 7.45. The molecule has 0 saturated heterocycles. The molecule has 2 N–H and O–H groups in total. The van der Waals surface area contributed by atoms with Gasteiger partial charge >= 0.3 is 0 Å². The number of carbonyl (C=O) groups is 1. The monoisotopic (exact) mass is 829 g/mol. The van der Waals surface area contributed by atoms with Gasteiger partial charge in [-0.15, -0.1) is 0 Å². The molecule has 0 spiro atoms. The molecule has 3 atom stereocenters. The van der Waals surface area contributed by atoms with Crippen LogP contribution in [0.1, 0.15) is 239 Å². The first-order valence-electron chi connectivity index (χ1n) is 24.6. The van der Waals surface area contributed by atoms with Crippen molar-refractivity contribution in [1.29, 1.82) is 0 Å². The molecule has 1 unspecified atom stereocenters. The van der Waals surface area contributed by atoms with Gasteiger partial charge in [-0.25, -0.2) is 0 Å². The number of hydrogen-bond acceptors (Lipinski definition) is 6. The molecule has 0 aliphatic rings. The van der Waals surface area contributed by atoms with Crippen molar-refractivity contribution in [2.45, 2.75) is 251 Å². The Labute approximate surface area is 354 Å². The van der Waals surface area contributed by atoms with E-state index < -0.39 is 20.0 Å². The fourth-order valence-electron chi connectivity index (χ4n) is 7.33. The fraction of sp³-hybridized carbons (Fsp3) is 0.938. The molecular weight excluding hydrogens is 732 g/mol. The molecule has 0 aliphatic carbocycles. The number of likely N-dealkylation sites (N-methyl/N-ethyl adjacent to an activating group) is 1. The number of aliphatic hydroxyl groups is 1. The number of nitrogens with zero attached hydrogens (tertiary/aromatic N) is 1. The van der Waals surface area contributed by atoms with Crippen LogP contribution < -0.4 is 10.2 Å². The highest BCUT2D eigenvalue weighted by Gasteiger charge is 2.23. The Morgan fingerprint density at radius 3 is 1.32 bits per heavy atom. The molecule has 0 aromatic rings. The molecule has 0 aliphatic heterocycles. The van der Waals surface area contributed by atoms with E-state index in [4.69, 9.17) is 9.05 Å². The lowest BCUT2D eigenvalue weighted by Gasteiger charge is -2.29. The van der Waals surface area contributed by atoms with Gasteiger partial charge in [-0.2, -0.15) is 0 Å². The van der Waals surface area contributed by atoms with E-state index in [1.54, 1.807) is 6.08 Å². The largest absolute Gasteiger partial charge is 0.756 e. The third kappa shape index (κ3) is 43.1. The summed E-state index contributed by atoms with van der Waals surface area (Å²) in [6.45, 7) is 4.68. The van der Waals surface area contributed by atoms with E-state index in [-0.39, 0.29) is 19.1 Å². The second-order valence-electron chi connectivity index (χ2n) is 18.2. The first kappa shape index (κ1) is 56.2. The van der Waals surface area contributed by atoms with Gasteiger partial charge in [-0.3, -0.25) is 9.36 Å². The third-order valence-corrected chi connectivity index (χ3v) is 12.2. The summed E-state index contributed by atoms with van der Waals surface area (Å²) in [5, 5.41) is 13.8. The highest BCUT2D eigenvalue weighted by atomic mass is 31.2. The van der Waals surface area contributed by atoms with Gasteiger partial charge < -0.3 is 28.8 Å². The Morgan fingerprint density at radius 1 is 0.596 bits per heavy atom. The standard InChI is InChI=1S/C48H97N2O6P/c1-6-8-10-12-14-16-18-20-22-24-26-28-30-32-34-36-38-40-42-48(52)49-46(45-56-57(53,54)55-44-43-50(3,4)5)47(51)41-39-37-35-33-31-29-27-25-23-21-19-17-15-13-11-9-7-2/h39,41,46-47,51H,6-38,40,42-45H2,1-5H3,(H-,49,52,53,54)/b41-39+/t46-,47+/m0/s1. The summed E-state index contributed by atoms with van der Waals surface area (Å²) in [6, 6.07) is -0.880. The van der Waals surface area contributed by atoms with Crippen LogP contribution >= 0.6 is 7.82 Å². The van der Waals surface area contributed by atoms with Gasteiger partial charge in [0.1, 0.15) is 13.2 Å². The molecule has 8 nitrogen and oxygen atoms in total. The van der Waals surface area contributed by atoms with Crippen molar-refractivity contribution < 1.29 is 32.9 Å². The van der Waals surface area contributed by atoms with Gasteiger partial charge in [0.05, 0.1) is 39.9 Å². The van der Waals surface area contributed by atoms with E-state index in [0.717, 1.165) is 38.5 Å². The van der Waals surface area contributed by atoms with Crippen molar-refractivity contribution in [3.05, 3.63) is 12.2 Å². The number of allylic oxidation sites excluding steroid dienone is 1. The van der Waals surface area contributed by atoms with Crippen molar-refractivity contribution in [3.8, 4) is 0 Å². The number of aliphatic hydroxyl groups excluding tert-OH is 1. The molecule has 0 fully saturated rings. The van der Waals surface area contributed by atoms with Crippen molar-refractivity contribution in [3.63, 3.8) is 0 Å². The van der Waals surface area contributed by atoms with Gasteiger partial charge in [-0.1, -0.05) is 225 Å². The molecular formula is C48H97N2O6P. The van der Waals surface area contributed by atoms with Crippen molar-refractivity contribution in [2.75, 3.05) is 40.9 Å². The Bertz CT molecular complexity index is 942. The number of rotatable bonds is 45. The Balaban J connectivity index is 4.32. The first-order chi connectivity index (χ1) is 27.5. The van der Waals surface area contributed by atoms with Crippen LogP contribution in [0.5, 0.6) is 0 Å². The van der Waals surface area contributed by atoms with Crippen molar-refractivity contribution in [2.24, 2.45) is 0 Å².